The summed E-state index contributed by atoms with van der Waals surface area (Å²) in [7, 11) is -4.83. The number of amides is 7. The Kier molecular flexibility index (Phi) is 31.7. The number of aromatic hydroxyl groups is 1. The molecule has 7 amide bonds. The molecule has 1 saturated heterocycles. The zero-order valence-electron chi connectivity index (χ0n) is 49.7. The van der Waals surface area contributed by atoms with E-state index in [0.29, 0.717) is 41.7 Å². The van der Waals surface area contributed by atoms with E-state index in [-0.39, 0.29) is 129 Å². The molecule has 1 fully saturated rings. The van der Waals surface area contributed by atoms with E-state index < -0.39 is 107 Å². The predicted molar refractivity (Wildman–Crippen MR) is 325 cm³/mol. The number of urea groups is 1. The molecule has 1 unspecified atom stereocenters. The van der Waals surface area contributed by atoms with Crippen molar-refractivity contribution in [2.24, 2.45) is 22.4 Å². The Morgan fingerprint density at radius 2 is 1.16 bits per heavy atom. The molecular formula is C57H84N14O17S. The van der Waals surface area contributed by atoms with Crippen molar-refractivity contribution in [1.29, 1.82) is 0 Å². The summed E-state index contributed by atoms with van der Waals surface area (Å²) in [6, 6.07) is 20.1. The lowest BCUT2D eigenvalue weighted by molar-refractivity contribution is -0.140. The van der Waals surface area contributed by atoms with Gasteiger partial charge in [0.25, 0.3) is 10.1 Å². The molecule has 31 nitrogen and oxygen atoms in total. The minimum Gasteiger partial charge on any atom is -0.508 e. The van der Waals surface area contributed by atoms with Crippen LogP contribution in [-0.2, 0) is 55.0 Å². The molecule has 0 spiro atoms. The maximum atomic E-state index is 14.5. The van der Waals surface area contributed by atoms with Crippen LogP contribution in [0.4, 0.5) is 4.79 Å². The third-order valence-corrected chi connectivity index (χ3v) is 14.6. The molecule has 0 radical (unpaired) electrons. The average molecular weight is 1270 g/mol. The lowest BCUT2D eigenvalue weighted by Gasteiger charge is -2.33. The van der Waals surface area contributed by atoms with Crippen LogP contribution in [0.15, 0.2) is 83.9 Å². The van der Waals surface area contributed by atoms with Crippen LogP contribution in [0.25, 0.3) is 0 Å². The summed E-state index contributed by atoms with van der Waals surface area (Å²) in [5.41, 5.74) is 14.0. The van der Waals surface area contributed by atoms with Crippen LogP contribution < -0.4 is 53.4 Å². The predicted octanol–water partition coefficient (Wildman–Crippen LogP) is -2.10. The van der Waals surface area contributed by atoms with Crippen LogP contribution in [0.5, 0.6) is 11.5 Å². The summed E-state index contributed by atoms with van der Waals surface area (Å²) in [5.74, 6) is -9.78. The number of carbonyl (C=O) groups excluding carboxylic acids is 6. The topological polar surface area (TPSA) is 460 Å². The fourth-order valence-electron chi connectivity index (χ4n) is 9.23. The van der Waals surface area contributed by atoms with Crippen LogP contribution in [0.1, 0.15) is 61.6 Å². The Hall–Kier alpha value is -8.53. The molecule has 1 aliphatic heterocycles. The molecule has 0 saturated carbocycles. The first kappa shape index (κ1) is 72.9. The number of rotatable bonds is 34. The van der Waals surface area contributed by atoms with Crippen molar-refractivity contribution in [3.05, 3.63) is 95.6 Å². The first-order valence-corrected chi connectivity index (χ1v) is 30.6. The van der Waals surface area contributed by atoms with Crippen molar-refractivity contribution in [2.45, 2.75) is 63.7 Å². The maximum absolute atomic E-state index is 14.5. The van der Waals surface area contributed by atoms with Crippen molar-refractivity contribution in [3.8, 4) is 11.5 Å². The minimum absolute atomic E-state index is 0.0112. The zero-order chi connectivity index (χ0) is 65.3. The highest BCUT2D eigenvalue weighted by Crippen LogP contribution is 2.28. The quantitative estimate of drug-likeness (QED) is 0.0100. The Labute approximate surface area is 516 Å². The van der Waals surface area contributed by atoms with E-state index in [2.05, 4.69) is 42.2 Å². The van der Waals surface area contributed by atoms with Crippen molar-refractivity contribution in [2.75, 3.05) is 117 Å². The van der Waals surface area contributed by atoms with Gasteiger partial charge < -0.3 is 73.8 Å². The molecule has 4 atom stereocenters. The Morgan fingerprint density at radius 3 is 1.72 bits per heavy atom. The van der Waals surface area contributed by atoms with Gasteiger partial charge in [-0.1, -0.05) is 61.5 Å². The molecule has 1 heterocycles. The summed E-state index contributed by atoms with van der Waals surface area (Å²) >= 11 is 0. The first-order chi connectivity index (χ1) is 42.4. The largest absolute Gasteiger partial charge is 0.508 e. The number of nitrogens with two attached hydrogens (primary N) is 2. The van der Waals surface area contributed by atoms with E-state index in [0.717, 1.165) is 0 Å². The van der Waals surface area contributed by atoms with Gasteiger partial charge in [0.1, 0.15) is 17.5 Å². The van der Waals surface area contributed by atoms with Crippen LogP contribution in [0, 0.1) is 5.92 Å². The zero-order valence-corrected chi connectivity index (χ0v) is 50.5. The van der Waals surface area contributed by atoms with Gasteiger partial charge in [-0.25, -0.2) is 4.79 Å². The molecule has 16 N–H and O–H groups in total. The molecular weight excluding hydrogens is 1180 g/mol. The second-order valence-corrected chi connectivity index (χ2v) is 22.4. The van der Waals surface area contributed by atoms with Gasteiger partial charge in [-0.3, -0.25) is 62.5 Å². The van der Waals surface area contributed by atoms with E-state index in [1.54, 1.807) is 93.3 Å². The number of hydrogen-bond acceptors (Lipinski definition) is 18. The molecule has 32 heteroatoms. The van der Waals surface area contributed by atoms with Gasteiger partial charge in [-0.2, -0.15) is 13.4 Å². The second-order valence-electron chi connectivity index (χ2n) is 20.9. The standard InChI is InChI=1S/C57H84N14O17S/c1-2-46(73)60-21-22-63-57(84)67-56(59)62-20-9-14-45(54(82)64-33-39-15-17-42(72)18-16-39)65-55(83)51(40-10-4-3-5-11-40)41-12-8-13-43(32-41)88-31-7-6-19-61-53(81)44(38-89(85,86)87)52(58)66-47(74)34-68-23-25-69(35-48(75)76)27-29-71(37-50(79)80)30-28-70(26-24-68)36-49(77)78/h3-5,8,10-13,15-18,32,44-45,51-52,72H,2,6-7,9,14,19-31,33-38,58H2,1H3,(H,60,73)(H,61,81)(H,64,82)(H,65,83)(H,66,74)(H,75,76)(H,77,78)(H,79,80)(H,85,86,87)(H4,59,62,63,67,84)/t44-,45-,51-,52?/m1/s1. The summed E-state index contributed by atoms with van der Waals surface area (Å²) in [6.07, 6.45) is -0.288. The fourth-order valence-corrected chi connectivity index (χ4v) is 10.0. The summed E-state index contributed by atoms with van der Waals surface area (Å²) in [4.78, 5) is 124. The van der Waals surface area contributed by atoms with Gasteiger partial charge in [-0.15, -0.1) is 0 Å². The molecule has 89 heavy (non-hydrogen) atoms. The highest BCUT2D eigenvalue weighted by molar-refractivity contribution is 7.85. The summed E-state index contributed by atoms with van der Waals surface area (Å²) in [6.45, 7) is 1.82. The average Bonchev–Trinajstić information content (AvgIpc) is 2.23. The molecule has 0 bridgehead atoms. The first-order valence-electron chi connectivity index (χ1n) is 29.0. The monoisotopic (exact) mass is 1270 g/mol. The molecule has 1 aliphatic rings. The maximum Gasteiger partial charge on any atom is 0.344 e. The number of aliphatic carboxylic acids is 3. The lowest BCUT2D eigenvalue weighted by Crippen LogP contribution is -2.56. The summed E-state index contributed by atoms with van der Waals surface area (Å²) < 4.78 is 40.1. The molecule has 490 valence electrons. The van der Waals surface area contributed by atoms with E-state index >= 15 is 0 Å². The number of phenols is 1. The van der Waals surface area contributed by atoms with Crippen molar-refractivity contribution in [1.82, 2.24) is 56.8 Å². The van der Waals surface area contributed by atoms with E-state index in [1.807, 2.05) is 0 Å². The van der Waals surface area contributed by atoms with Crippen LogP contribution in [-0.4, -0.2) is 242 Å². The third-order valence-electron chi connectivity index (χ3n) is 13.9. The fraction of sp³-hybridized carbons (Fsp3) is 0.509. The molecule has 0 aromatic heterocycles. The van der Waals surface area contributed by atoms with Crippen LogP contribution in [0.3, 0.4) is 0 Å². The van der Waals surface area contributed by atoms with Gasteiger partial charge in [0.05, 0.1) is 56.5 Å². The number of ether oxygens (including phenoxy) is 1. The van der Waals surface area contributed by atoms with Gasteiger partial charge in [-0.05, 0) is 66.6 Å². The van der Waals surface area contributed by atoms with Gasteiger partial charge in [0.2, 0.25) is 29.5 Å². The van der Waals surface area contributed by atoms with Gasteiger partial charge >= 0.3 is 23.9 Å². The smallest absolute Gasteiger partial charge is 0.344 e. The SMILES string of the molecule is CCC(=O)NCCNC(=O)/N=C(/N)NCCC[C@@H](NC(=O)[C@H](c1ccccc1)c1cccc(OCCCCNC(=O)[C@H](CS(=O)(=O)O)C(N)NC(=O)CN2CCN(CC(=O)O)CCN(CC(=O)O)CCN(CC(=O)O)CC2)c1)C(=O)NCc1ccc(O)cc1. The number of nitrogens with zero attached hydrogens (tertiary/aromatic N) is 5. The Morgan fingerprint density at radius 1 is 0.607 bits per heavy atom. The number of carboxylic acids is 3. The number of aliphatic imine (C=N–C) groups is 1. The molecule has 0 aliphatic carbocycles. The van der Waals surface area contributed by atoms with Crippen molar-refractivity contribution in [3.63, 3.8) is 0 Å². The van der Waals surface area contributed by atoms with Gasteiger partial charge in [0, 0.05) is 91.5 Å². The van der Waals surface area contributed by atoms with Crippen molar-refractivity contribution < 1.29 is 81.3 Å². The van der Waals surface area contributed by atoms with Gasteiger partial charge in [0.15, 0.2) is 5.96 Å². The number of carbonyl (C=O) groups is 9. The summed E-state index contributed by atoms with van der Waals surface area (Å²) in [5, 5.41) is 57.1. The van der Waals surface area contributed by atoms with Crippen molar-refractivity contribution >= 4 is 69.6 Å². The van der Waals surface area contributed by atoms with E-state index in [9.17, 15) is 76.5 Å². The number of carboxylic acid groups (broad SMARTS) is 3. The number of guanidine groups is 1. The normalized spacial score (nSPS) is 15.5. The highest BCUT2D eigenvalue weighted by atomic mass is 32.2. The molecule has 4 rings (SSSR count). The number of unbranched alkanes of at least 4 members (excludes halogenated alkanes) is 1. The van der Waals surface area contributed by atoms with E-state index in [1.165, 1.54) is 12.1 Å². The highest BCUT2D eigenvalue weighted by Gasteiger charge is 2.33. The van der Waals surface area contributed by atoms with Crippen LogP contribution in [0.2, 0.25) is 0 Å². The lowest BCUT2D eigenvalue weighted by atomic mass is 9.90. The third kappa shape index (κ3) is 29.8. The Balaban J connectivity index is 1.37. The van der Waals surface area contributed by atoms with E-state index in [4.69, 9.17) is 16.2 Å². The number of phenolic OH excluding ortho intramolecular Hbond substituents is 1. The second kappa shape index (κ2) is 38.7. The molecule has 3 aromatic rings. The molecule has 3 aromatic carbocycles. The number of hydrogen-bond donors (Lipinski definition) is 14. The number of benzene rings is 3. The Bertz CT molecular complexity index is 2910. The number of nitrogens with one attached hydrogen (secondary N) is 7. The van der Waals surface area contributed by atoms with Crippen LogP contribution >= 0.6 is 0 Å². The minimum atomic E-state index is -4.83.